The number of nitrogens with two attached hydrogens (primary N) is 1. The van der Waals surface area contributed by atoms with Crippen molar-refractivity contribution in [3.63, 3.8) is 0 Å². The van der Waals surface area contributed by atoms with E-state index in [9.17, 15) is 8.42 Å². The fraction of sp³-hybridized carbons (Fsp3) is 0.545. The van der Waals surface area contributed by atoms with Gasteiger partial charge in [0.25, 0.3) is 0 Å². The predicted octanol–water partition coefficient (Wildman–Crippen LogP) is 0.149. The molecule has 1 aromatic rings. The summed E-state index contributed by atoms with van der Waals surface area (Å²) in [6.45, 7) is 3.80. The highest BCUT2D eigenvalue weighted by Crippen LogP contribution is 2.20. The average Bonchev–Trinajstić information content (AvgIpc) is 2.38. The summed E-state index contributed by atoms with van der Waals surface area (Å²) in [5, 5.41) is 8.86. The molecule has 0 bridgehead atoms. The Kier molecular flexibility index (Phi) is 5.67. The molecule has 0 aliphatic rings. The van der Waals surface area contributed by atoms with E-state index in [1.54, 1.807) is 13.8 Å². The van der Waals surface area contributed by atoms with E-state index in [0.29, 0.717) is 6.42 Å². The van der Waals surface area contributed by atoms with E-state index >= 15 is 0 Å². The SMILES string of the molecule is CC(C)N(CCCO)S(=O)(=O)c1ccnc(NN)c1. The van der Waals surface area contributed by atoms with Gasteiger partial charge in [-0.3, -0.25) is 0 Å². The van der Waals surface area contributed by atoms with Crippen molar-refractivity contribution < 1.29 is 13.5 Å². The van der Waals surface area contributed by atoms with Crippen LogP contribution in [0.25, 0.3) is 0 Å². The minimum absolute atomic E-state index is 0.0509. The van der Waals surface area contributed by atoms with Gasteiger partial charge in [-0.05, 0) is 26.3 Å². The van der Waals surface area contributed by atoms with Crippen LogP contribution in [-0.4, -0.2) is 42.0 Å². The molecule has 0 amide bonds. The molecule has 0 aliphatic carbocycles. The lowest BCUT2D eigenvalue weighted by molar-refractivity contribution is 0.258. The Labute approximate surface area is 113 Å². The van der Waals surface area contributed by atoms with Gasteiger partial charge in [-0.2, -0.15) is 4.31 Å². The number of pyridine rings is 1. The molecule has 0 aromatic carbocycles. The van der Waals surface area contributed by atoms with Crippen molar-refractivity contribution in [2.24, 2.45) is 5.84 Å². The molecule has 0 radical (unpaired) electrons. The summed E-state index contributed by atoms with van der Waals surface area (Å²) < 4.78 is 26.3. The van der Waals surface area contributed by atoms with Crippen LogP contribution in [0.4, 0.5) is 5.82 Å². The van der Waals surface area contributed by atoms with E-state index < -0.39 is 10.0 Å². The molecule has 1 rings (SSSR count). The number of nitrogens with one attached hydrogen (secondary N) is 1. The van der Waals surface area contributed by atoms with Gasteiger partial charge in [0.2, 0.25) is 10.0 Å². The first-order chi connectivity index (χ1) is 8.93. The number of sulfonamides is 1. The Morgan fingerprint density at radius 2 is 2.21 bits per heavy atom. The zero-order valence-electron chi connectivity index (χ0n) is 11.1. The van der Waals surface area contributed by atoms with Crippen LogP contribution in [0.5, 0.6) is 0 Å². The topological polar surface area (TPSA) is 109 Å². The molecule has 1 aromatic heterocycles. The monoisotopic (exact) mass is 288 g/mol. The van der Waals surface area contributed by atoms with Gasteiger partial charge in [-0.25, -0.2) is 19.2 Å². The van der Waals surface area contributed by atoms with Gasteiger partial charge in [0.15, 0.2) is 0 Å². The molecule has 0 unspecified atom stereocenters. The Morgan fingerprint density at radius 1 is 1.53 bits per heavy atom. The second kappa shape index (κ2) is 6.80. The lowest BCUT2D eigenvalue weighted by atomic mass is 10.3. The largest absolute Gasteiger partial charge is 0.396 e. The number of aromatic nitrogens is 1. The van der Waals surface area contributed by atoms with Crippen LogP contribution in [0.15, 0.2) is 23.2 Å². The molecule has 8 heteroatoms. The van der Waals surface area contributed by atoms with Gasteiger partial charge in [0, 0.05) is 31.5 Å². The fourth-order valence-corrected chi connectivity index (χ4v) is 3.36. The molecule has 19 heavy (non-hydrogen) atoms. The third-order valence-corrected chi connectivity index (χ3v) is 4.67. The van der Waals surface area contributed by atoms with Crippen LogP contribution < -0.4 is 11.3 Å². The molecule has 108 valence electrons. The summed E-state index contributed by atoms with van der Waals surface area (Å²) in [7, 11) is -3.62. The average molecular weight is 288 g/mol. The number of hydrogen-bond acceptors (Lipinski definition) is 6. The Balaban J connectivity index is 3.11. The van der Waals surface area contributed by atoms with E-state index in [1.807, 2.05) is 0 Å². The van der Waals surface area contributed by atoms with Crippen LogP contribution in [0.3, 0.4) is 0 Å². The maximum Gasteiger partial charge on any atom is 0.243 e. The van der Waals surface area contributed by atoms with Gasteiger partial charge < -0.3 is 10.5 Å². The van der Waals surface area contributed by atoms with Crippen molar-refractivity contribution in [3.05, 3.63) is 18.3 Å². The molecule has 0 aliphatic heterocycles. The van der Waals surface area contributed by atoms with E-state index in [2.05, 4.69) is 10.4 Å². The standard InChI is InChI=1S/C11H20N4O3S/c1-9(2)15(6-3-7-16)19(17,18)10-4-5-13-11(8-10)14-12/h4-5,8-9,16H,3,6-7,12H2,1-2H3,(H,13,14). The molecule has 0 atom stereocenters. The number of hydrazine groups is 1. The number of anilines is 1. The second-order valence-corrected chi connectivity index (χ2v) is 6.20. The molecule has 1 heterocycles. The third-order valence-electron chi connectivity index (χ3n) is 2.60. The summed E-state index contributed by atoms with van der Waals surface area (Å²) in [5.74, 6) is 5.51. The highest BCUT2D eigenvalue weighted by Gasteiger charge is 2.26. The number of rotatable bonds is 7. The Hall–Kier alpha value is -1.22. The molecular formula is C11H20N4O3S. The molecule has 0 fully saturated rings. The fourth-order valence-electron chi connectivity index (χ4n) is 1.67. The maximum absolute atomic E-state index is 12.5. The number of hydrogen-bond donors (Lipinski definition) is 3. The summed E-state index contributed by atoms with van der Waals surface area (Å²) in [5.41, 5.74) is 2.32. The van der Waals surface area contributed by atoms with Gasteiger partial charge in [-0.1, -0.05) is 0 Å². The first-order valence-electron chi connectivity index (χ1n) is 5.99. The quantitative estimate of drug-likeness (QED) is 0.487. The van der Waals surface area contributed by atoms with Gasteiger partial charge in [-0.15, -0.1) is 0 Å². The van der Waals surface area contributed by atoms with E-state index in [0.717, 1.165) is 0 Å². The first-order valence-corrected chi connectivity index (χ1v) is 7.43. The number of aliphatic hydroxyl groups excluding tert-OH is 1. The summed E-state index contributed by atoms with van der Waals surface area (Å²) >= 11 is 0. The smallest absolute Gasteiger partial charge is 0.243 e. The molecule has 0 saturated heterocycles. The molecule has 0 spiro atoms. The van der Waals surface area contributed by atoms with E-state index in [4.69, 9.17) is 10.9 Å². The summed E-state index contributed by atoms with van der Waals surface area (Å²) in [6.07, 6.45) is 1.77. The lowest BCUT2D eigenvalue weighted by Gasteiger charge is -2.25. The molecule has 0 saturated carbocycles. The minimum atomic E-state index is -3.62. The minimum Gasteiger partial charge on any atom is -0.396 e. The van der Waals surface area contributed by atoms with Crippen molar-refractivity contribution in [2.75, 3.05) is 18.6 Å². The lowest BCUT2D eigenvalue weighted by Crippen LogP contribution is -2.38. The van der Waals surface area contributed by atoms with Crippen LogP contribution in [0, 0.1) is 0 Å². The van der Waals surface area contributed by atoms with Crippen LogP contribution in [0.1, 0.15) is 20.3 Å². The van der Waals surface area contributed by atoms with E-state index in [1.165, 1.54) is 22.6 Å². The second-order valence-electron chi connectivity index (χ2n) is 4.31. The van der Waals surface area contributed by atoms with Crippen molar-refractivity contribution in [1.29, 1.82) is 0 Å². The van der Waals surface area contributed by atoms with Gasteiger partial charge >= 0.3 is 0 Å². The van der Waals surface area contributed by atoms with Gasteiger partial charge in [0.1, 0.15) is 5.82 Å². The number of nitrogens with zero attached hydrogens (tertiary/aromatic N) is 2. The van der Waals surface area contributed by atoms with Crippen molar-refractivity contribution in [1.82, 2.24) is 9.29 Å². The van der Waals surface area contributed by atoms with Crippen molar-refractivity contribution in [3.8, 4) is 0 Å². The highest BCUT2D eigenvalue weighted by atomic mass is 32.2. The zero-order valence-corrected chi connectivity index (χ0v) is 11.9. The number of aliphatic hydroxyl groups is 1. The van der Waals surface area contributed by atoms with Crippen molar-refractivity contribution >= 4 is 15.8 Å². The Morgan fingerprint density at radius 3 is 2.74 bits per heavy atom. The third kappa shape index (κ3) is 3.87. The molecule has 4 N–H and O–H groups in total. The molecular weight excluding hydrogens is 268 g/mol. The van der Waals surface area contributed by atoms with Crippen LogP contribution in [0.2, 0.25) is 0 Å². The van der Waals surface area contributed by atoms with Crippen molar-refractivity contribution in [2.45, 2.75) is 31.2 Å². The zero-order chi connectivity index (χ0) is 14.5. The highest BCUT2D eigenvalue weighted by molar-refractivity contribution is 7.89. The summed E-state index contributed by atoms with van der Waals surface area (Å²) in [4.78, 5) is 4.01. The normalized spacial score (nSPS) is 12.1. The van der Waals surface area contributed by atoms with Gasteiger partial charge in [0.05, 0.1) is 4.90 Å². The van der Waals surface area contributed by atoms with Crippen LogP contribution >= 0.6 is 0 Å². The Bertz CT molecular complexity index is 504. The first kappa shape index (κ1) is 15.8. The predicted molar refractivity (Wildman–Crippen MR) is 72.8 cm³/mol. The summed E-state index contributed by atoms with van der Waals surface area (Å²) in [6, 6.07) is 2.60. The maximum atomic E-state index is 12.5. The molecule has 7 nitrogen and oxygen atoms in total. The van der Waals surface area contributed by atoms with Crippen LogP contribution in [-0.2, 0) is 10.0 Å². The number of nitrogen functional groups attached to an aromatic ring is 1. The van der Waals surface area contributed by atoms with E-state index in [-0.39, 0.29) is 29.9 Å².